The van der Waals surface area contributed by atoms with E-state index in [0.717, 1.165) is 77.0 Å². The minimum atomic E-state index is -4.30. The van der Waals surface area contributed by atoms with Gasteiger partial charge in [-0.2, -0.15) is 8.42 Å². The van der Waals surface area contributed by atoms with Crippen LogP contribution in [0.3, 0.4) is 0 Å². The number of carbonyl (C=O) groups is 1. The molecule has 6 nitrogen and oxygen atoms in total. The second-order valence-corrected chi connectivity index (χ2v) is 11.9. The predicted octanol–water partition coefficient (Wildman–Crippen LogP) is 7.84. The second kappa shape index (κ2) is 25.8. The fourth-order valence-corrected chi connectivity index (χ4v) is 5.11. The molecule has 0 saturated heterocycles. The van der Waals surface area contributed by atoms with Gasteiger partial charge in [-0.3, -0.25) is 9.35 Å². The molecule has 3 N–H and O–H groups in total. The van der Waals surface area contributed by atoms with Crippen LogP contribution in [0.1, 0.15) is 136 Å². The number of nitrogens with one attached hydrogen (secondary N) is 1. The van der Waals surface area contributed by atoms with Crippen molar-refractivity contribution in [1.82, 2.24) is 5.32 Å². The van der Waals surface area contributed by atoms with Gasteiger partial charge in [0.05, 0.1) is 17.9 Å². The Balaban J connectivity index is 4.04. The first kappa shape index (κ1) is 36.6. The van der Waals surface area contributed by atoms with Gasteiger partial charge in [0.25, 0.3) is 10.1 Å². The SMILES string of the molecule is CC/C=C\C/C=C\C/C=C\CCCCCCCC(=O)NC(CS(=O)(=O)O)C(O)CCCCCCCCCC. The Bertz CT molecular complexity index is 745. The van der Waals surface area contributed by atoms with Crippen LogP contribution in [0.5, 0.6) is 0 Å². The van der Waals surface area contributed by atoms with Crippen LogP contribution in [0.4, 0.5) is 0 Å². The summed E-state index contributed by atoms with van der Waals surface area (Å²) in [6.07, 6.45) is 31.0. The van der Waals surface area contributed by atoms with E-state index in [2.05, 4.69) is 55.6 Å². The molecule has 2 atom stereocenters. The average molecular weight is 556 g/mol. The summed E-state index contributed by atoms with van der Waals surface area (Å²) < 4.78 is 32.1. The lowest BCUT2D eigenvalue weighted by atomic mass is 10.0. The largest absolute Gasteiger partial charge is 0.391 e. The summed E-state index contributed by atoms with van der Waals surface area (Å²) in [6, 6.07) is -0.975. The van der Waals surface area contributed by atoms with Crippen molar-refractivity contribution in [3.8, 4) is 0 Å². The molecule has 0 aromatic heterocycles. The molecular formula is C31H57NO5S. The highest BCUT2D eigenvalue weighted by atomic mass is 32.2. The summed E-state index contributed by atoms with van der Waals surface area (Å²) in [7, 11) is -4.30. The Kier molecular flexibility index (Phi) is 24.8. The van der Waals surface area contributed by atoms with Gasteiger partial charge in [-0.25, -0.2) is 0 Å². The van der Waals surface area contributed by atoms with Crippen molar-refractivity contribution >= 4 is 16.0 Å². The number of rotatable bonds is 26. The lowest BCUT2D eigenvalue weighted by Crippen LogP contribution is -2.47. The van der Waals surface area contributed by atoms with Crippen LogP contribution in [0.25, 0.3) is 0 Å². The van der Waals surface area contributed by atoms with Crippen LogP contribution >= 0.6 is 0 Å². The average Bonchev–Trinajstić information content (AvgIpc) is 2.86. The Morgan fingerprint density at radius 3 is 1.87 bits per heavy atom. The summed E-state index contributed by atoms with van der Waals surface area (Å²) >= 11 is 0. The van der Waals surface area contributed by atoms with Gasteiger partial charge in [0.1, 0.15) is 0 Å². The maximum atomic E-state index is 12.4. The Morgan fingerprint density at radius 2 is 1.26 bits per heavy atom. The molecule has 0 aliphatic rings. The minimum absolute atomic E-state index is 0.269. The fourth-order valence-electron chi connectivity index (χ4n) is 4.35. The number of unbranched alkanes of at least 4 members (excludes halogenated alkanes) is 12. The molecular weight excluding hydrogens is 498 g/mol. The molecule has 38 heavy (non-hydrogen) atoms. The minimum Gasteiger partial charge on any atom is -0.391 e. The zero-order chi connectivity index (χ0) is 28.3. The molecule has 0 fully saturated rings. The first-order chi connectivity index (χ1) is 18.3. The van der Waals surface area contributed by atoms with E-state index >= 15 is 0 Å². The second-order valence-electron chi connectivity index (χ2n) is 10.4. The molecule has 1 amide bonds. The lowest BCUT2D eigenvalue weighted by molar-refractivity contribution is -0.122. The molecule has 222 valence electrons. The van der Waals surface area contributed by atoms with E-state index in [1.54, 1.807) is 0 Å². The molecule has 0 aromatic rings. The van der Waals surface area contributed by atoms with Gasteiger partial charge in [0.15, 0.2) is 0 Å². The van der Waals surface area contributed by atoms with E-state index in [4.69, 9.17) is 0 Å². The Labute approximate surface area is 234 Å². The van der Waals surface area contributed by atoms with Crippen molar-refractivity contribution in [2.24, 2.45) is 0 Å². The van der Waals surface area contributed by atoms with Crippen molar-refractivity contribution in [1.29, 1.82) is 0 Å². The number of amides is 1. The van der Waals surface area contributed by atoms with Gasteiger partial charge < -0.3 is 10.4 Å². The molecule has 0 bridgehead atoms. The molecule has 2 unspecified atom stereocenters. The summed E-state index contributed by atoms with van der Waals surface area (Å²) in [5.74, 6) is -0.925. The van der Waals surface area contributed by atoms with Gasteiger partial charge in [0, 0.05) is 6.42 Å². The summed E-state index contributed by atoms with van der Waals surface area (Å²) in [5, 5.41) is 13.1. The molecule has 0 aliphatic heterocycles. The van der Waals surface area contributed by atoms with E-state index in [1.165, 1.54) is 32.1 Å². The smallest absolute Gasteiger partial charge is 0.266 e. The molecule has 0 aromatic carbocycles. The highest BCUT2D eigenvalue weighted by Gasteiger charge is 2.25. The third-order valence-corrected chi connectivity index (χ3v) is 7.39. The molecule has 7 heteroatoms. The zero-order valence-corrected chi connectivity index (χ0v) is 25.1. The standard InChI is InChI=1S/C31H57NO5S/c1-3-5-7-9-11-13-14-15-16-17-18-19-21-23-25-27-31(34)32-29(28-38(35,36)37)30(33)26-24-22-20-12-10-8-6-4-2/h5,7,11,13,15-16,29-30,33H,3-4,6,8-10,12,14,17-28H2,1-2H3,(H,32,34)(H,35,36,37)/b7-5-,13-11-,16-15-. The topological polar surface area (TPSA) is 104 Å². The van der Waals surface area contributed by atoms with Gasteiger partial charge >= 0.3 is 0 Å². The monoisotopic (exact) mass is 555 g/mol. The molecule has 0 aliphatic carbocycles. The van der Waals surface area contributed by atoms with E-state index in [1.807, 2.05) is 0 Å². The predicted molar refractivity (Wildman–Crippen MR) is 161 cm³/mol. The van der Waals surface area contributed by atoms with E-state index < -0.39 is 28.0 Å². The van der Waals surface area contributed by atoms with Crippen molar-refractivity contribution in [3.05, 3.63) is 36.5 Å². The van der Waals surface area contributed by atoms with E-state index in [9.17, 15) is 22.9 Å². The first-order valence-corrected chi connectivity index (χ1v) is 16.8. The number of aliphatic hydroxyl groups is 1. The van der Waals surface area contributed by atoms with Gasteiger partial charge in [0.2, 0.25) is 5.91 Å². The van der Waals surface area contributed by atoms with Gasteiger partial charge in [-0.15, -0.1) is 0 Å². The summed E-state index contributed by atoms with van der Waals surface area (Å²) in [5.41, 5.74) is 0. The number of aliphatic hydroxyl groups excluding tert-OH is 1. The van der Waals surface area contributed by atoms with Crippen LogP contribution in [-0.2, 0) is 14.9 Å². The molecule has 0 saturated carbocycles. The molecule has 0 rings (SSSR count). The number of hydrogen-bond donors (Lipinski definition) is 3. The zero-order valence-electron chi connectivity index (χ0n) is 24.3. The van der Waals surface area contributed by atoms with Gasteiger partial charge in [-0.05, 0) is 44.9 Å². The highest BCUT2D eigenvalue weighted by Crippen LogP contribution is 2.13. The van der Waals surface area contributed by atoms with Crippen LogP contribution in [0.15, 0.2) is 36.5 Å². The first-order valence-electron chi connectivity index (χ1n) is 15.2. The number of hydrogen-bond acceptors (Lipinski definition) is 4. The molecule has 0 spiro atoms. The summed E-state index contributed by atoms with van der Waals surface area (Å²) in [4.78, 5) is 12.4. The van der Waals surface area contributed by atoms with E-state index in [0.29, 0.717) is 12.8 Å². The number of allylic oxidation sites excluding steroid dienone is 6. The molecule has 0 radical (unpaired) electrons. The van der Waals surface area contributed by atoms with Crippen molar-refractivity contribution < 1.29 is 22.9 Å². The summed E-state index contributed by atoms with van der Waals surface area (Å²) in [6.45, 7) is 4.33. The normalized spacial score (nSPS) is 14.1. The van der Waals surface area contributed by atoms with Crippen LogP contribution in [0.2, 0.25) is 0 Å². The number of carbonyl (C=O) groups excluding carboxylic acids is 1. The molecule has 0 heterocycles. The third-order valence-electron chi connectivity index (χ3n) is 6.61. The Hall–Kier alpha value is -1.44. The quantitative estimate of drug-likeness (QED) is 0.0573. The van der Waals surface area contributed by atoms with Crippen molar-refractivity contribution in [2.45, 2.75) is 148 Å². The third kappa shape index (κ3) is 26.2. The Morgan fingerprint density at radius 1 is 0.737 bits per heavy atom. The maximum absolute atomic E-state index is 12.4. The lowest BCUT2D eigenvalue weighted by Gasteiger charge is -2.23. The van der Waals surface area contributed by atoms with Crippen LogP contribution in [-0.4, -0.2) is 41.9 Å². The highest BCUT2D eigenvalue weighted by molar-refractivity contribution is 7.85. The van der Waals surface area contributed by atoms with Crippen LogP contribution in [0, 0.1) is 0 Å². The van der Waals surface area contributed by atoms with E-state index in [-0.39, 0.29) is 5.91 Å². The van der Waals surface area contributed by atoms with Crippen molar-refractivity contribution in [3.63, 3.8) is 0 Å². The van der Waals surface area contributed by atoms with Gasteiger partial charge in [-0.1, -0.05) is 121 Å². The van der Waals surface area contributed by atoms with Crippen molar-refractivity contribution in [2.75, 3.05) is 5.75 Å². The maximum Gasteiger partial charge on any atom is 0.266 e. The fraction of sp³-hybridized carbons (Fsp3) is 0.774. The van der Waals surface area contributed by atoms with Crippen LogP contribution < -0.4 is 5.32 Å².